The van der Waals surface area contributed by atoms with Crippen LogP contribution in [0.1, 0.15) is 39.4 Å². The lowest BCUT2D eigenvalue weighted by molar-refractivity contribution is 0.0696. The molecule has 3 heteroatoms. The van der Waals surface area contributed by atoms with E-state index >= 15 is 0 Å². The second-order valence-corrected chi connectivity index (χ2v) is 6.08. The van der Waals surface area contributed by atoms with Crippen LogP contribution in [0, 0.1) is 6.92 Å². The van der Waals surface area contributed by atoms with Crippen molar-refractivity contribution in [1.82, 2.24) is 4.90 Å². The molecule has 1 aliphatic heterocycles. The third-order valence-electron chi connectivity index (χ3n) is 4.49. The fourth-order valence-electron chi connectivity index (χ4n) is 3.29. The van der Waals surface area contributed by atoms with Crippen molar-refractivity contribution in [3.05, 3.63) is 70.8 Å². The first-order valence-corrected chi connectivity index (χ1v) is 7.73. The number of hydrogen-bond acceptors (Lipinski definition) is 2. The third-order valence-corrected chi connectivity index (χ3v) is 4.49. The van der Waals surface area contributed by atoms with Gasteiger partial charge < -0.3 is 5.11 Å². The van der Waals surface area contributed by atoms with E-state index in [1.807, 2.05) is 18.2 Å². The van der Waals surface area contributed by atoms with E-state index in [0.29, 0.717) is 11.5 Å². The molecule has 0 aromatic heterocycles. The van der Waals surface area contributed by atoms with Crippen LogP contribution in [-0.2, 0) is 6.54 Å². The molecule has 0 saturated carbocycles. The van der Waals surface area contributed by atoms with E-state index in [4.69, 9.17) is 0 Å². The van der Waals surface area contributed by atoms with E-state index in [9.17, 15) is 9.90 Å². The molecule has 0 aliphatic carbocycles. The monoisotopic (exact) mass is 295 g/mol. The van der Waals surface area contributed by atoms with Crippen molar-refractivity contribution < 1.29 is 9.90 Å². The number of carboxylic acid groups (broad SMARTS) is 1. The first-order valence-electron chi connectivity index (χ1n) is 7.73. The molecule has 22 heavy (non-hydrogen) atoms. The minimum Gasteiger partial charge on any atom is -0.478 e. The Balaban J connectivity index is 1.72. The van der Waals surface area contributed by atoms with Crippen molar-refractivity contribution in [2.75, 3.05) is 13.1 Å². The van der Waals surface area contributed by atoms with Gasteiger partial charge in [0, 0.05) is 13.1 Å². The quantitative estimate of drug-likeness (QED) is 0.935. The Morgan fingerprint density at radius 3 is 2.73 bits per heavy atom. The molecule has 1 atom stereocenters. The molecular formula is C19H21NO2. The van der Waals surface area contributed by atoms with Gasteiger partial charge in [-0.1, -0.05) is 36.4 Å². The van der Waals surface area contributed by atoms with Crippen LogP contribution in [0.3, 0.4) is 0 Å². The molecular weight excluding hydrogens is 274 g/mol. The molecule has 1 N–H and O–H groups in total. The third kappa shape index (κ3) is 3.20. The second kappa shape index (κ2) is 6.32. The van der Waals surface area contributed by atoms with Crippen LogP contribution < -0.4 is 0 Å². The van der Waals surface area contributed by atoms with Gasteiger partial charge in [0.05, 0.1) is 5.56 Å². The summed E-state index contributed by atoms with van der Waals surface area (Å²) in [4.78, 5) is 13.6. The van der Waals surface area contributed by atoms with Gasteiger partial charge in [0.25, 0.3) is 0 Å². The summed E-state index contributed by atoms with van der Waals surface area (Å²) in [7, 11) is 0. The van der Waals surface area contributed by atoms with Gasteiger partial charge in [0.1, 0.15) is 0 Å². The van der Waals surface area contributed by atoms with Crippen LogP contribution in [-0.4, -0.2) is 29.1 Å². The summed E-state index contributed by atoms with van der Waals surface area (Å²) in [6.07, 6.45) is 1.09. The molecule has 1 aliphatic rings. The largest absolute Gasteiger partial charge is 0.478 e. The van der Waals surface area contributed by atoms with Gasteiger partial charge >= 0.3 is 5.97 Å². The molecule has 0 amide bonds. The zero-order chi connectivity index (χ0) is 15.5. The summed E-state index contributed by atoms with van der Waals surface area (Å²) in [5, 5.41) is 9.18. The van der Waals surface area contributed by atoms with Gasteiger partial charge in [-0.3, -0.25) is 4.90 Å². The van der Waals surface area contributed by atoms with Crippen LogP contribution >= 0.6 is 0 Å². The van der Waals surface area contributed by atoms with Crippen molar-refractivity contribution in [1.29, 1.82) is 0 Å². The Morgan fingerprint density at radius 2 is 2.00 bits per heavy atom. The summed E-state index contributed by atoms with van der Waals surface area (Å²) >= 11 is 0. The maximum absolute atomic E-state index is 11.2. The summed E-state index contributed by atoms with van der Waals surface area (Å²) in [5.41, 5.74) is 4.10. The van der Waals surface area contributed by atoms with Crippen LogP contribution in [0.5, 0.6) is 0 Å². The smallest absolute Gasteiger partial charge is 0.335 e. The number of benzene rings is 2. The standard InChI is InChI=1S/C19H21NO2/c1-14-7-8-16(19(21)22)11-18(14)17-9-10-20(13-17)12-15-5-3-2-4-6-15/h2-8,11,17H,9-10,12-13H2,1H3,(H,21,22). The zero-order valence-electron chi connectivity index (χ0n) is 12.8. The Morgan fingerprint density at radius 1 is 1.23 bits per heavy atom. The van der Waals surface area contributed by atoms with E-state index in [-0.39, 0.29) is 0 Å². The van der Waals surface area contributed by atoms with E-state index in [0.717, 1.165) is 26.1 Å². The zero-order valence-corrected chi connectivity index (χ0v) is 12.8. The lowest BCUT2D eigenvalue weighted by Gasteiger charge is -2.17. The Labute approximate surface area is 131 Å². The molecule has 1 unspecified atom stereocenters. The highest BCUT2D eigenvalue weighted by atomic mass is 16.4. The van der Waals surface area contributed by atoms with Gasteiger partial charge in [-0.15, -0.1) is 0 Å². The molecule has 2 aromatic carbocycles. The molecule has 114 valence electrons. The van der Waals surface area contributed by atoms with Gasteiger partial charge in [-0.05, 0) is 54.6 Å². The molecule has 0 bridgehead atoms. The predicted molar refractivity (Wildman–Crippen MR) is 87.2 cm³/mol. The van der Waals surface area contributed by atoms with Crippen molar-refractivity contribution in [3.63, 3.8) is 0 Å². The molecule has 1 heterocycles. The van der Waals surface area contributed by atoms with Crippen LogP contribution in [0.2, 0.25) is 0 Å². The molecule has 0 spiro atoms. The molecule has 3 nitrogen and oxygen atoms in total. The number of aryl methyl sites for hydroxylation is 1. The fourth-order valence-corrected chi connectivity index (χ4v) is 3.29. The molecule has 3 rings (SSSR count). The number of nitrogens with zero attached hydrogens (tertiary/aromatic N) is 1. The Hall–Kier alpha value is -2.13. The lowest BCUT2D eigenvalue weighted by atomic mass is 9.92. The molecule has 1 saturated heterocycles. The first kappa shape index (κ1) is 14.8. The predicted octanol–water partition coefficient (Wildman–Crippen LogP) is 3.68. The van der Waals surface area contributed by atoms with E-state index in [2.05, 4.69) is 36.1 Å². The highest BCUT2D eigenvalue weighted by Crippen LogP contribution is 2.31. The summed E-state index contributed by atoms with van der Waals surface area (Å²) in [6, 6.07) is 16.0. The lowest BCUT2D eigenvalue weighted by Crippen LogP contribution is -2.19. The molecule has 2 aromatic rings. The van der Waals surface area contributed by atoms with Gasteiger partial charge in [-0.2, -0.15) is 0 Å². The minimum atomic E-state index is -0.847. The van der Waals surface area contributed by atoms with E-state index in [1.54, 1.807) is 6.07 Å². The SMILES string of the molecule is Cc1ccc(C(=O)O)cc1C1CCN(Cc2ccccc2)C1. The van der Waals surface area contributed by atoms with Gasteiger partial charge in [0.15, 0.2) is 0 Å². The number of rotatable bonds is 4. The van der Waals surface area contributed by atoms with Crippen LogP contribution in [0.15, 0.2) is 48.5 Å². The summed E-state index contributed by atoms with van der Waals surface area (Å²) < 4.78 is 0. The topological polar surface area (TPSA) is 40.5 Å². The maximum atomic E-state index is 11.2. The Kier molecular flexibility index (Phi) is 4.25. The molecule has 1 fully saturated rings. The second-order valence-electron chi connectivity index (χ2n) is 6.08. The van der Waals surface area contributed by atoms with Crippen LogP contribution in [0.4, 0.5) is 0 Å². The minimum absolute atomic E-state index is 0.391. The average Bonchev–Trinajstić information content (AvgIpc) is 2.97. The highest BCUT2D eigenvalue weighted by molar-refractivity contribution is 5.88. The van der Waals surface area contributed by atoms with Gasteiger partial charge in [-0.25, -0.2) is 4.79 Å². The normalized spacial score (nSPS) is 18.5. The Bertz CT molecular complexity index is 666. The highest BCUT2D eigenvalue weighted by Gasteiger charge is 2.25. The van der Waals surface area contributed by atoms with Crippen molar-refractivity contribution in [3.8, 4) is 0 Å². The van der Waals surface area contributed by atoms with E-state index < -0.39 is 5.97 Å². The van der Waals surface area contributed by atoms with E-state index in [1.165, 1.54) is 16.7 Å². The number of aromatic carboxylic acids is 1. The van der Waals surface area contributed by atoms with Crippen LogP contribution in [0.25, 0.3) is 0 Å². The maximum Gasteiger partial charge on any atom is 0.335 e. The van der Waals surface area contributed by atoms with Crippen molar-refractivity contribution >= 4 is 5.97 Å². The molecule has 0 radical (unpaired) electrons. The number of carboxylic acids is 1. The van der Waals surface area contributed by atoms with Gasteiger partial charge in [0.2, 0.25) is 0 Å². The summed E-state index contributed by atoms with van der Waals surface area (Å²) in [5.74, 6) is -0.414. The average molecular weight is 295 g/mol. The van der Waals surface area contributed by atoms with Crippen molar-refractivity contribution in [2.45, 2.75) is 25.8 Å². The number of carbonyl (C=O) groups is 1. The first-order chi connectivity index (χ1) is 10.6. The summed E-state index contributed by atoms with van der Waals surface area (Å²) in [6.45, 7) is 5.10. The number of hydrogen-bond donors (Lipinski definition) is 1. The number of likely N-dealkylation sites (tertiary alicyclic amines) is 1. The fraction of sp³-hybridized carbons (Fsp3) is 0.316. The van der Waals surface area contributed by atoms with Crippen molar-refractivity contribution in [2.24, 2.45) is 0 Å².